The number of nitrogens with one attached hydrogen (secondary N) is 1. The van der Waals surface area contributed by atoms with Crippen LogP contribution in [-0.2, 0) is 20.7 Å². The third kappa shape index (κ3) is 5.85. The van der Waals surface area contributed by atoms with E-state index in [1.165, 1.54) is 5.56 Å². The summed E-state index contributed by atoms with van der Waals surface area (Å²) in [4.78, 5) is 26.1. The fraction of sp³-hybridized carbons (Fsp3) is 0.353. The molecule has 7 heteroatoms. The Hall–Kier alpha value is -2.67. The standard InChI is InChI=1S/C17H20N2O5/c1-12-2-4-13(5-3-12)14-10-19-16(24-14)7-6-15(20)18-8-9-23-11-17(21)22/h2-5,10H,6-9,11H2,1H3,(H,18,20)(H,21,22). The van der Waals surface area contributed by atoms with E-state index in [0.717, 1.165) is 5.56 Å². The van der Waals surface area contributed by atoms with Crippen molar-refractivity contribution in [3.8, 4) is 11.3 Å². The first kappa shape index (κ1) is 17.7. The lowest BCUT2D eigenvalue weighted by Gasteiger charge is -2.04. The number of carboxylic acid groups (broad SMARTS) is 1. The molecule has 0 atom stereocenters. The summed E-state index contributed by atoms with van der Waals surface area (Å²) in [6, 6.07) is 7.92. The van der Waals surface area contributed by atoms with Crippen LogP contribution in [-0.4, -0.2) is 41.7 Å². The molecule has 0 aliphatic carbocycles. The highest BCUT2D eigenvalue weighted by Gasteiger charge is 2.09. The van der Waals surface area contributed by atoms with Crippen LogP contribution in [0.15, 0.2) is 34.9 Å². The van der Waals surface area contributed by atoms with Gasteiger partial charge >= 0.3 is 5.97 Å². The maximum Gasteiger partial charge on any atom is 0.329 e. The van der Waals surface area contributed by atoms with Crippen molar-refractivity contribution in [1.82, 2.24) is 10.3 Å². The number of carbonyl (C=O) groups excluding carboxylic acids is 1. The number of hydrogen-bond donors (Lipinski definition) is 2. The molecule has 1 amide bonds. The summed E-state index contributed by atoms with van der Waals surface area (Å²) in [5.74, 6) is -0.0195. The Morgan fingerprint density at radius 1 is 1.29 bits per heavy atom. The summed E-state index contributed by atoms with van der Waals surface area (Å²) in [6.07, 6.45) is 2.29. The fourth-order valence-electron chi connectivity index (χ4n) is 2.01. The Labute approximate surface area is 139 Å². The minimum atomic E-state index is -1.03. The predicted octanol–water partition coefficient (Wildman–Crippen LogP) is 1.80. The van der Waals surface area contributed by atoms with E-state index in [1.807, 2.05) is 31.2 Å². The minimum Gasteiger partial charge on any atom is -0.480 e. The quantitative estimate of drug-likeness (QED) is 0.679. The van der Waals surface area contributed by atoms with Crippen LogP contribution in [0.2, 0.25) is 0 Å². The van der Waals surface area contributed by atoms with Gasteiger partial charge in [0.25, 0.3) is 0 Å². The molecule has 1 aromatic carbocycles. The van der Waals surface area contributed by atoms with Gasteiger partial charge in [-0.2, -0.15) is 0 Å². The van der Waals surface area contributed by atoms with Gasteiger partial charge in [-0.25, -0.2) is 9.78 Å². The molecule has 0 aliphatic heterocycles. The maximum absolute atomic E-state index is 11.7. The molecule has 0 saturated carbocycles. The van der Waals surface area contributed by atoms with Crippen molar-refractivity contribution in [2.75, 3.05) is 19.8 Å². The van der Waals surface area contributed by atoms with Crippen molar-refractivity contribution in [2.24, 2.45) is 0 Å². The first-order valence-electron chi connectivity index (χ1n) is 7.62. The van der Waals surface area contributed by atoms with Gasteiger partial charge in [0.1, 0.15) is 6.61 Å². The first-order chi connectivity index (χ1) is 11.5. The molecule has 2 N–H and O–H groups in total. The van der Waals surface area contributed by atoms with Gasteiger partial charge in [0.15, 0.2) is 11.7 Å². The van der Waals surface area contributed by atoms with E-state index < -0.39 is 5.97 Å². The second-order valence-electron chi connectivity index (χ2n) is 5.28. The molecule has 24 heavy (non-hydrogen) atoms. The largest absolute Gasteiger partial charge is 0.480 e. The maximum atomic E-state index is 11.7. The average Bonchev–Trinajstić information content (AvgIpc) is 3.02. The molecule has 1 heterocycles. The van der Waals surface area contributed by atoms with Crippen molar-refractivity contribution >= 4 is 11.9 Å². The molecule has 1 aromatic heterocycles. The fourth-order valence-corrected chi connectivity index (χ4v) is 2.01. The Kier molecular flexibility index (Phi) is 6.51. The average molecular weight is 332 g/mol. The number of hydrogen-bond acceptors (Lipinski definition) is 5. The number of ether oxygens (including phenoxy) is 1. The van der Waals surface area contributed by atoms with Gasteiger partial charge < -0.3 is 19.6 Å². The van der Waals surface area contributed by atoms with Crippen LogP contribution >= 0.6 is 0 Å². The summed E-state index contributed by atoms with van der Waals surface area (Å²) in [7, 11) is 0. The normalized spacial score (nSPS) is 10.5. The van der Waals surface area contributed by atoms with Crippen molar-refractivity contribution in [1.29, 1.82) is 0 Å². The summed E-state index contributed by atoms with van der Waals surface area (Å²) in [5, 5.41) is 11.0. The zero-order valence-corrected chi connectivity index (χ0v) is 13.4. The van der Waals surface area contributed by atoms with Crippen LogP contribution in [0.25, 0.3) is 11.3 Å². The van der Waals surface area contributed by atoms with E-state index in [1.54, 1.807) is 6.20 Å². The van der Waals surface area contributed by atoms with Gasteiger partial charge in [-0.15, -0.1) is 0 Å². The van der Waals surface area contributed by atoms with E-state index in [-0.39, 0.29) is 32.1 Å². The number of aromatic nitrogens is 1. The van der Waals surface area contributed by atoms with Gasteiger partial charge in [-0.05, 0) is 6.92 Å². The van der Waals surface area contributed by atoms with Crippen LogP contribution < -0.4 is 5.32 Å². The van der Waals surface area contributed by atoms with Crippen LogP contribution in [0.4, 0.5) is 0 Å². The highest BCUT2D eigenvalue weighted by atomic mass is 16.5. The summed E-state index contributed by atoms with van der Waals surface area (Å²) >= 11 is 0. The molecule has 0 unspecified atom stereocenters. The monoisotopic (exact) mass is 332 g/mol. The van der Waals surface area contributed by atoms with Crippen molar-refractivity contribution in [3.63, 3.8) is 0 Å². The lowest BCUT2D eigenvalue weighted by molar-refractivity contribution is -0.142. The molecule has 0 radical (unpaired) electrons. The van der Waals surface area contributed by atoms with E-state index in [0.29, 0.717) is 18.1 Å². The summed E-state index contributed by atoms with van der Waals surface area (Å²) in [6.45, 7) is 2.08. The second-order valence-corrected chi connectivity index (χ2v) is 5.28. The summed E-state index contributed by atoms with van der Waals surface area (Å²) in [5.41, 5.74) is 2.11. The van der Waals surface area contributed by atoms with Crippen molar-refractivity contribution < 1.29 is 23.8 Å². The topological polar surface area (TPSA) is 102 Å². The Balaban J connectivity index is 1.71. The number of nitrogens with zero attached hydrogens (tertiary/aromatic N) is 1. The SMILES string of the molecule is Cc1ccc(-c2cnc(CCC(=O)NCCOCC(=O)O)o2)cc1. The molecule has 2 rings (SSSR count). The third-order valence-corrected chi connectivity index (χ3v) is 3.25. The van der Waals surface area contributed by atoms with Crippen LogP contribution in [0, 0.1) is 6.92 Å². The Morgan fingerprint density at radius 3 is 2.75 bits per heavy atom. The molecular weight excluding hydrogens is 312 g/mol. The summed E-state index contributed by atoms with van der Waals surface area (Å²) < 4.78 is 10.5. The lowest BCUT2D eigenvalue weighted by Crippen LogP contribution is -2.28. The molecular formula is C17H20N2O5. The van der Waals surface area contributed by atoms with Gasteiger partial charge in [0.05, 0.1) is 12.8 Å². The zero-order chi connectivity index (χ0) is 17.4. The molecule has 0 spiro atoms. The number of aliphatic carboxylic acids is 1. The third-order valence-electron chi connectivity index (χ3n) is 3.25. The number of carboxylic acids is 1. The molecule has 128 valence electrons. The number of amides is 1. The highest BCUT2D eigenvalue weighted by molar-refractivity contribution is 5.76. The number of oxazole rings is 1. The molecule has 0 fully saturated rings. The van der Waals surface area contributed by atoms with E-state index in [2.05, 4.69) is 10.3 Å². The zero-order valence-electron chi connectivity index (χ0n) is 13.4. The molecule has 7 nitrogen and oxygen atoms in total. The van der Waals surface area contributed by atoms with Crippen LogP contribution in [0.5, 0.6) is 0 Å². The van der Waals surface area contributed by atoms with Gasteiger partial charge in [-0.3, -0.25) is 4.79 Å². The molecule has 0 bridgehead atoms. The van der Waals surface area contributed by atoms with Crippen molar-refractivity contribution in [3.05, 3.63) is 41.9 Å². The first-order valence-corrected chi connectivity index (χ1v) is 7.62. The van der Waals surface area contributed by atoms with Crippen LogP contribution in [0.3, 0.4) is 0 Å². The van der Waals surface area contributed by atoms with E-state index in [4.69, 9.17) is 14.3 Å². The molecule has 0 aliphatic rings. The number of benzene rings is 1. The smallest absolute Gasteiger partial charge is 0.329 e. The van der Waals surface area contributed by atoms with Crippen LogP contribution in [0.1, 0.15) is 17.9 Å². The molecule has 0 saturated heterocycles. The Morgan fingerprint density at radius 2 is 2.04 bits per heavy atom. The Bertz CT molecular complexity index is 679. The minimum absolute atomic E-state index is 0.161. The van der Waals surface area contributed by atoms with Gasteiger partial charge in [0, 0.05) is 24.9 Å². The van der Waals surface area contributed by atoms with Gasteiger partial charge in [0.2, 0.25) is 5.91 Å². The highest BCUT2D eigenvalue weighted by Crippen LogP contribution is 2.21. The predicted molar refractivity (Wildman–Crippen MR) is 86.5 cm³/mol. The van der Waals surface area contributed by atoms with Crippen molar-refractivity contribution in [2.45, 2.75) is 19.8 Å². The number of rotatable bonds is 9. The number of carbonyl (C=O) groups is 2. The van der Waals surface area contributed by atoms with E-state index in [9.17, 15) is 9.59 Å². The van der Waals surface area contributed by atoms with Gasteiger partial charge in [-0.1, -0.05) is 29.8 Å². The number of aryl methyl sites for hydroxylation is 2. The molecule has 2 aromatic rings. The van der Waals surface area contributed by atoms with E-state index >= 15 is 0 Å². The second kappa shape index (κ2) is 8.83. The lowest BCUT2D eigenvalue weighted by atomic mass is 10.1.